The molecule has 0 N–H and O–H groups in total. The fraction of sp³-hybridized carbons (Fsp3) is 0. The topological polar surface area (TPSA) is 8.17 Å². The van der Waals surface area contributed by atoms with Crippen molar-refractivity contribution in [2.24, 2.45) is 0 Å². The highest BCUT2D eigenvalue weighted by Crippen LogP contribution is 2.45. The number of nitrogens with zero attached hydrogens (tertiary/aromatic N) is 2. The van der Waals surface area contributed by atoms with Gasteiger partial charge in [0.15, 0.2) is 0 Å². The number of anilines is 3. The van der Waals surface area contributed by atoms with Crippen LogP contribution in [0.4, 0.5) is 17.1 Å². The Balaban J connectivity index is 1.17. The SMILES string of the molecule is [2H]c1c([2H])c([2H])c2c([2H])c(-c3ccc(N(c4ccccc4)c4ccccc4-c4cccc5c4c4ccccc4n5-c4cccc5ccccc45)cc3)c([2H])c([2H])c2c1[2H]. The van der Waals surface area contributed by atoms with Gasteiger partial charge in [0.25, 0.3) is 0 Å². The van der Waals surface area contributed by atoms with Crippen molar-refractivity contribution in [2.75, 3.05) is 4.90 Å². The van der Waals surface area contributed by atoms with Crippen molar-refractivity contribution in [1.82, 2.24) is 4.57 Å². The zero-order valence-electron chi connectivity index (χ0n) is 35.0. The van der Waals surface area contributed by atoms with Crippen molar-refractivity contribution >= 4 is 60.4 Å². The van der Waals surface area contributed by atoms with Crippen LogP contribution in [0.25, 0.3) is 71.3 Å². The summed E-state index contributed by atoms with van der Waals surface area (Å²) in [5.74, 6) is 0. The Hall–Kier alpha value is -6.90. The maximum Gasteiger partial charge on any atom is 0.0636 e. The number of aromatic nitrogens is 1. The van der Waals surface area contributed by atoms with Crippen LogP contribution in [0.2, 0.25) is 0 Å². The molecule has 0 radical (unpaired) electrons. The fourth-order valence-electron chi connectivity index (χ4n) is 7.51. The Labute approximate surface area is 312 Å². The Morgan fingerprint density at radius 2 is 1.08 bits per heavy atom. The van der Waals surface area contributed by atoms with E-state index in [9.17, 15) is 0 Å². The van der Waals surface area contributed by atoms with E-state index in [-0.39, 0.29) is 40.5 Å². The van der Waals surface area contributed by atoms with Crippen molar-refractivity contribution in [2.45, 2.75) is 0 Å². The standard InChI is InChI=1S/C50H34N2/c1-2-18-40(19-3-1)51(41-32-30-36(31-33-41)39-29-28-35-14-4-5-16-38(35)34-39)47-24-10-8-21-43(47)44-23-13-27-49-50(44)45-22-9-11-25-48(45)52(49)46-26-12-17-37-15-6-7-20-42(37)46/h1-34H/i4D,5D,14D,16D,28D,29D,34D. The van der Waals surface area contributed by atoms with Gasteiger partial charge in [0, 0.05) is 33.1 Å². The molecule has 0 amide bonds. The zero-order chi connectivity index (χ0) is 40.5. The lowest BCUT2D eigenvalue weighted by Crippen LogP contribution is -2.11. The number of para-hydroxylation sites is 3. The zero-order valence-corrected chi connectivity index (χ0v) is 28.0. The van der Waals surface area contributed by atoms with Crippen molar-refractivity contribution in [3.8, 4) is 27.9 Å². The van der Waals surface area contributed by atoms with Crippen molar-refractivity contribution < 1.29 is 9.60 Å². The molecule has 0 aliphatic carbocycles. The molecule has 0 spiro atoms. The second-order valence-corrected chi connectivity index (χ2v) is 12.8. The van der Waals surface area contributed by atoms with Gasteiger partial charge in [0.2, 0.25) is 0 Å². The number of fused-ring (bicyclic) bond motifs is 5. The van der Waals surface area contributed by atoms with Gasteiger partial charge in [-0.05, 0) is 87.4 Å². The summed E-state index contributed by atoms with van der Waals surface area (Å²) in [5.41, 5.74) is 8.75. The van der Waals surface area contributed by atoms with Crippen LogP contribution in [0.5, 0.6) is 0 Å². The van der Waals surface area contributed by atoms with Gasteiger partial charge in [-0.15, -0.1) is 0 Å². The minimum Gasteiger partial charge on any atom is -0.310 e. The second-order valence-electron chi connectivity index (χ2n) is 12.8. The molecule has 0 aliphatic rings. The van der Waals surface area contributed by atoms with Gasteiger partial charge in [-0.2, -0.15) is 0 Å². The average Bonchev–Trinajstić information content (AvgIpc) is 3.61. The van der Waals surface area contributed by atoms with Crippen LogP contribution in [0, 0.1) is 0 Å². The van der Waals surface area contributed by atoms with Crippen molar-refractivity contribution in [1.29, 1.82) is 0 Å². The van der Waals surface area contributed by atoms with Crippen LogP contribution in [-0.2, 0) is 0 Å². The van der Waals surface area contributed by atoms with Crippen LogP contribution >= 0.6 is 0 Å². The molecule has 0 fully saturated rings. The normalized spacial score (nSPS) is 13.3. The largest absolute Gasteiger partial charge is 0.310 e. The smallest absolute Gasteiger partial charge is 0.0636 e. The first-order chi connectivity index (χ1) is 28.7. The first-order valence-electron chi connectivity index (χ1n) is 20.8. The quantitative estimate of drug-likeness (QED) is 0.171. The molecule has 2 heteroatoms. The number of benzene rings is 9. The van der Waals surface area contributed by atoms with E-state index < -0.39 is 18.1 Å². The highest BCUT2D eigenvalue weighted by Gasteiger charge is 2.21. The average molecular weight is 670 g/mol. The maximum atomic E-state index is 9.11. The Bertz CT molecular complexity index is 3300. The van der Waals surface area contributed by atoms with Crippen LogP contribution in [0.15, 0.2) is 206 Å². The Morgan fingerprint density at radius 3 is 1.96 bits per heavy atom. The molecule has 1 aromatic heterocycles. The molecular weight excluding hydrogens is 629 g/mol. The van der Waals surface area contributed by atoms with E-state index in [1.54, 1.807) is 0 Å². The summed E-state index contributed by atoms with van der Waals surface area (Å²) in [6, 6.07) is 53.4. The van der Waals surface area contributed by atoms with Gasteiger partial charge >= 0.3 is 0 Å². The van der Waals surface area contributed by atoms with Crippen LogP contribution < -0.4 is 4.90 Å². The van der Waals surface area contributed by atoms with Gasteiger partial charge in [-0.3, -0.25) is 0 Å². The highest BCUT2D eigenvalue weighted by molar-refractivity contribution is 6.17. The molecule has 244 valence electrons. The Kier molecular flexibility index (Phi) is 5.63. The maximum absolute atomic E-state index is 9.11. The lowest BCUT2D eigenvalue weighted by molar-refractivity contribution is 1.20. The predicted molar refractivity (Wildman–Crippen MR) is 221 cm³/mol. The minimum absolute atomic E-state index is 0.0631. The number of hydrogen-bond donors (Lipinski definition) is 0. The third kappa shape index (κ3) is 4.96. The van der Waals surface area contributed by atoms with E-state index in [1.165, 1.54) is 10.8 Å². The highest BCUT2D eigenvalue weighted by atomic mass is 15.1. The van der Waals surface area contributed by atoms with E-state index in [4.69, 9.17) is 9.60 Å². The predicted octanol–water partition coefficient (Wildman–Crippen LogP) is 13.9. The van der Waals surface area contributed by atoms with E-state index in [0.29, 0.717) is 5.56 Å². The fourth-order valence-corrected chi connectivity index (χ4v) is 7.51. The van der Waals surface area contributed by atoms with E-state index in [2.05, 4.69) is 125 Å². The molecule has 52 heavy (non-hydrogen) atoms. The van der Waals surface area contributed by atoms with Gasteiger partial charge < -0.3 is 9.47 Å². The summed E-state index contributed by atoms with van der Waals surface area (Å²) < 4.78 is 62.6. The van der Waals surface area contributed by atoms with Crippen LogP contribution in [0.3, 0.4) is 0 Å². The Morgan fingerprint density at radius 1 is 0.423 bits per heavy atom. The van der Waals surface area contributed by atoms with E-state index in [1.807, 2.05) is 48.5 Å². The van der Waals surface area contributed by atoms with Crippen LogP contribution in [-0.4, -0.2) is 4.57 Å². The lowest BCUT2D eigenvalue weighted by atomic mass is 9.96. The molecule has 0 aliphatic heterocycles. The molecule has 0 unspecified atom stereocenters. The molecule has 0 bridgehead atoms. The van der Waals surface area contributed by atoms with Gasteiger partial charge in [-0.25, -0.2) is 0 Å². The molecule has 0 saturated heterocycles. The molecule has 0 atom stereocenters. The molecule has 10 aromatic rings. The number of hydrogen-bond acceptors (Lipinski definition) is 1. The summed E-state index contributed by atoms with van der Waals surface area (Å²) in [4.78, 5) is 2.19. The third-order valence-corrected chi connectivity index (χ3v) is 9.82. The van der Waals surface area contributed by atoms with Gasteiger partial charge in [0.1, 0.15) is 0 Å². The minimum atomic E-state index is -0.486. The molecule has 0 saturated carbocycles. The van der Waals surface area contributed by atoms with Gasteiger partial charge in [0.05, 0.1) is 32.0 Å². The van der Waals surface area contributed by atoms with E-state index >= 15 is 0 Å². The van der Waals surface area contributed by atoms with Gasteiger partial charge in [-0.1, -0.05) is 152 Å². The molecule has 9 aromatic carbocycles. The summed E-state index contributed by atoms with van der Waals surface area (Å²) in [7, 11) is 0. The molecule has 1 heterocycles. The number of rotatable bonds is 6. The van der Waals surface area contributed by atoms with Crippen LogP contribution in [0.1, 0.15) is 9.60 Å². The summed E-state index contributed by atoms with van der Waals surface area (Å²) in [6.45, 7) is 0. The summed E-state index contributed by atoms with van der Waals surface area (Å²) in [5, 5.41) is 4.44. The second kappa shape index (κ2) is 12.5. The molecule has 2 nitrogen and oxygen atoms in total. The van der Waals surface area contributed by atoms with Crippen molar-refractivity contribution in [3.63, 3.8) is 0 Å². The summed E-state index contributed by atoms with van der Waals surface area (Å²) in [6.07, 6.45) is 0. The first-order valence-corrected chi connectivity index (χ1v) is 17.3. The van der Waals surface area contributed by atoms with E-state index in [0.717, 1.165) is 55.7 Å². The monoisotopic (exact) mass is 669 g/mol. The lowest BCUT2D eigenvalue weighted by Gasteiger charge is -2.28. The third-order valence-electron chi connectivity index (χ3n) is 9.82. The van der Waals surface area contributed by atoms with Crippen molar-refractivity contribution in [3.05, 3.63) is 206 Å². The molecular formula is C50H34N2. The first kappa shape index (κ1) is 23.5. The molecule has 10 rings (SSSR count). The summed E-state index contributed by atoms with van der Waals surface area (Å²) >= 11 is 0.